The Balaban J connectivity index is 1.90. The number of hydrogen-bond donors (Lipinski definition) is 1. The van der Waals surface area contributed by atoms with Crippen molar-refractivity contribution in [1.29, 1.82) is 0 Å². The van der Waals surface area contributed by atoms with Gasteiger partial charge in [0.1, 0.15) is 10.7 Å². The summed E-state index contributed by atoms with van der Waals surface area (Å²) in [4.78, 5) is 15.4. The van der Waals surface area contributed by atoms with E-state index in [2.05, 4.69) is 4.98 Å². The van der Waals surface area contributed by atoms with Crippen LogP contribution in [0.2, 0.25) is 0 Å². The van der Waals surface area contributed by atoms with E-state index in [9.17, 15) is 4.79 Å². The Morgan fingerprint density at radius 2 is 2.15 bits per heavy atom. The second-order valence-electron chi connectivity index (χ2n) is 4.16. The quantitative estimate of drug-likeness (QED) is 0.642. The summed E-state index contributed by atoms with van der Waals surface area (Å²) in [5.74, 6) is 0.665. The van der Waals surface area contributed by atoms with Gasteiger partial charge < -0.3 is 10.5 Å². The minimum atomic E-state index is -0.254. The summed E-state index contributed by atoms with van der Waals surface area (Å²) in [5, 5.41) is 0. The van der Waals surface area contributed by atoms with Gasteiger partial charge in [0, 0.05) is 18.9 Å². The zero-order valence-corrected chi connectivity index (χ0v) is 11.7. The number of aryl methyl sites for hydroxylation is 1. The number of nitrogens with two attached hydrogens (primary N) is 1. The molecule has 0 spiro atoms. The zero-order chi connectivity index (χ0) is 14.4. The summed E-state index contributed by atoms with van der Waals surface area (Å²) in [6, 6.07) is 9.09. The molecule has 20 heavy (non-hydrogen) atoms. The lowest BCUT2D eigenvalue weighted by Crippen LogP contribution is -2.22. The van der Waals surface area contributed by atoms with Gasteiger partial charge in [0.2, 0.25) is 0 Å². The third-order valence-corrected chi connectivity index (χ3v) is 2.96. The topological polar surface area (TPSA) is 70.1 Å². The minimum Gasteiger partial charge on any atom is -0.493 e. The molecule has 5 nitrogen and oxygen atoms in total. The molecule has 6 heteroatoms. The van der Waals surface area contributed by atoms with Crippen LogP contribution in [0.15, 0.2) is 47.5 Å². The van der Waals surface area contributed by atoms with E-state index in [-0.39, 0.29) is 5.69 Å². The van der Waals surface area contributed by atoms with Crippen LogP contribution in [0.1, 0.15) is 12.0 Å². The number of nitrogens with zero attached hydrogens (tertiary/aromatic N) is 2. The van der Waals surface area contributed by atoms with Crippen LogP contribution in [0.3, 0.4) is 0 Å². The van der Waals surface area contributed by atoms with E-state index >= 15 is 0 Å². The van der Waals surface area contributed by atoms with E-state index < -0.39 is 0 Å². The van der Waals surface area contributed by atoms with Crippen LogP contribution in [0.25, 0.3) is 0 Å². The maximum Gasteiger partial charge on any atom is 0.347 e. The van der Waals surface area contributed by atoms with E-state index in [0.29, 0.717) is 30.3 Å². The van der Waals surface area contributed by atoms with E-state index in [1.54, 1.807) is 16.8 Å². The third-order valence-electron chi connectivity index (χ3n) is 2.74. The second-order valence-corrected chi connectivity index (χ2v) is 4.60. The molecule has 0 unspecified atom stereocenters. The van der Waals surface area contributed by atoms with Gasteiger partial charge in [-0.1, -0.05) is 24.4 Å². The normalized spacial score (nSPS) is 10.2. The zero-order valence-electron chi connectivity index (χ0n) is 10.9. The Bertz CT molecular complexity index is 655. The van der Waals surface area contributed by atoms with Crippen molar-refractivity contribution in [3.8, 4) is 5.75 Å². The maximum absolute atomic E-state index is 11.4. The van der Waals surface area contributed by atoms with E-state index in [1.165, 1.54) is 6.20 Å². The van der Waals surface area contributed by atoms with Crippen LogP contribution in [0, 0.1) is 0 Å². The van der Waals surface area contributed by atoms with Crippen molar-refractivity contribution in [1.82, 2.24) is 9.55 Å². The average molecular weight is 289 g/mol. The van der Waals surface area contributed by atoms with Gasteiger partial charge in [0.15, 0.2) is 0 Å². The highest BCUT2D eigenvalue weighted by Gasteiger charge is 2.05. The lowest BCUT2D eigenvalue weighted by atomic mass is 10.2. The molecular weight excluding hydrogens is 274 g/mol. The molecular formula is C14H15N3O2S. The SMILES string of the molecule is NC(=S)c1ccccc1OCCCn1cccnc1=O. The first-order valence-corrected chi connectivity index (χ1v) is 6.62. The molecule has 0 bridgehead atoms. The molecule has 104 valence electrons. The van der Waals surface area contributed by atoms with Gasteiger partial charge in [0.05, 0.1) is 12.2 Å². The Morgan fingerprint density at radius 1 is 1.35 bits per heavy atom. The molecule has 0 saturated carbocycles. The standard InChI is InChI=1S/C14H15N3O2S/c15-13(20)11-5-1-2-6-12(11)19-10-4-9-17-8-3-7-16-14(17)18/h1-3,5-8H,4,9-10H2,(H2,15,20). The van der Waals surface area contributed by atoms with Crippen LogP contribution in [-0.2, 0) is 6.54 Å². The average Bonchev–Trinajstić information content (AvgIpc) is 2.45. The third kappa shape index (κ3) is 3.64. The molecule has 2 N–H and O–H groups in total. The molecule has 0 radical (unpaired) electrons. The van der Waals surface area contributed by atoms with Crippen LogP contribution in [0.4, 0.5) is 0 Å². The fraction of sp³-hybridized carbons (Fsp3) is 0.214. The van der Waals surface area contributed by atoms with E-state index in [1.807, 2.05) is 24.3 Å². The first-order chi connectivity index (χ1) is 9.68. The number of hydrogen-bond acceptors (Lipinski definition) is 4. The lowest BCUT2D eigenvalue weighted by molar-refractivity contribution is 0.300. The number of para-hydroxylation sites is 1. The summed E-state index contributed by atoms with van der Waals surface area (Å²) in [6.07, 6.45) is 3.88. The summed E-state index contributed by atoms with van der Waals surface area (Å²) in [5.41, 5.74) is 6.10. The van der Waals surface area contributed by atoms with Crippen molar-refractivity contribution >= 4 is 17.2 Å². The summed E-state index contributed by atoms with van der Waals surface area (Å²) >= 11 is 4.97. The number of aromatic nitrogens is 2. The Labute approximate surface area is 122 Å². The molecule has 0 saturated heterocycles. The molecule has 0 atom stereocenters. The van der Waals surface area contributed by atoms with Crippen LogP contribution in [0.5, 0.6) is 5.75 Å². The maximum atomic E-state index is 11.4. The second kappa shape index (κ2) is 6.81. The van der Waals surface area contributed by atoms with Gasteiger partial charge in [-0.2, -0.15) is 0 Å². The predicted octanol–water partition coefficient (Wildman–Crippen LogP) is 1.35. The molecule has 0 aliphatic heterocycles. The van der Waals surface area contributed by atoms with Gasteiger partial charge >= 0.3 is 5.69 Å². The van der Waals surface area contributed by atoms with Crippen LogP contribution >= 0.6 is 12.2 Å². The summed E-state index contributed by atoms with van der Waals surface area (Å²) in [7, 11) is 0. The fourth-order valence-electron chi connectivity index (χ4n) is 1.77. The number of benzene rings is 1. The van der Waals surface area contributed by atoms with E-state index in [0.717, 1.165) is 5.56 Å². The van der Waals surface area contributed by atoms with Crippen molar-refractivity contribution in [2.24, 2.45) is 5.73 Å². The molecule has 0 aliphatic rings. The van der Waals surface area contributed by atoms with Crippen molar-refractivity contribution < 1.29 is 4.74 Å². The van der Waals surface area contributed by atoms with Gasteiger partial charge in [-0.15, -0.1) is 0 Å². The Hall–Kier alpha value is -2.21. The van der Waals surface area contributed by atoms with Gasteiger partial charge in [-0.25, -0.2) is 9.78 Å². The fourth-order valence-corrected chi connectivity index (χ4v) is 1.94. The molecule has 0 amide bonds. The first kappa shape index (κ1) is 14.2. The number of thiocarbonyl (C=S) groups is 1. The van der Waals surface area contributed by atoms with Gasteiger partial charge in [-0.3, -0.25) is 4.57 Å². The molecule has 1 aromatic heterocycles. The van der Waals surface area contributed by atoms with Gasteiger partial charge in [-0.05, 0) is 24.6 Å². The highest BCUT2D eigenvalue weighted by molar-refractivity contribution is 7.80. The Morgan fingerprint density at radius 3 is 2.90 bits per heavy atom. The molecule has 2 rings (SSSR count). The van der Waals surface area contributed by atoms with Crippen molar-refractivity contribution in [3.05, 3.63) is 58.8 Å². The molecule has 2 aromatic rings. The van der Waals surface area contributed by atoms with Crippen molar-refractivity contribution in [2.45, 2.75) is 13.0 Å². The number of ether oxygens (including phenoxy) is 1. The summed E-state index contributed by atoms with van der Waals surface area (Å²) in [6.45, 7) is 1.03. The molecule has 1 heterocycles. The predicted molar refractivity (Wildman–Crippen MR) is 80.9 cm³/mol. The molecule has 0 aliphatic carbocycles. The monoisotopic (exact) mass is 289 g/mol. The lowest BCUT2D eigenvalue weighted by Gasteiger charge is -2.10. The number of rotatable bonds is 6. The van der Waals surface area contributed by atoms with Crippen LogP contribution < -0.4 is 16.2 Å². The first-order valence-electron chi connectivity index (χ1n) is 6.21. The van der Waals surface area contributed by atoms with Crippen LogP contribution in [-0.4, -0.2) is 21.1 Å². The highest BCUT2D eigenvalue weighted by Crippen LogP contribution is 2.17. The van der Waals surface area contributed by atoms with E-state index in [4.69, 9.17) is 22.7 Å². The highest BCUT2D eigenvalue weighted by atomic mass is 32.1. The smallest absolute Gasteiger partial charge is 0.347 e. The molecule has 0 fully saturated rings. The van der Waals surface area contributed by atoms with Crippen molar-refractivity contribution in [3.63, 3.8) is 0 Å². The Kier molecular flexibility index (Phi) is 4.84. The minimum absolute atomic E-state index is 0.254. The summed E-state index contributed by atoms with van der Waals surface area (Å²) < 4.78 is 7.20. The largest absolute Gasteiger partial charge is 0.493 e. The van der Waals surface area contributed by atoms with Gasteiger partial charge in [0.25, 0.3) is 0 Å². The molecule has 1 aromatic carbocycles. The van der Waals surface area contributed by atoms with Crippen molar-refractivity contribution in [2.75, 3.05) is 6.61 Å².